The third-order valence-electron chi connectivity index (χ3n) is 5.97. The van der Waals surface area contributed by atoms with E-state index in [1.807, 2.05) is 18.2 Å². The van der Waals surface area contributed by atoms with E-state index in [0.717, 1.165) is 24.1 Å². The molecule has 4 rings (SSSR count). The van der Waals surface area contributed by atoms with E-state index in [1.165, 1.54) is 22.5 Å². The molecule has 152 valence electrons. The fourth-order valence-electron chi connectivity index (χ4n) is 4.02. The molecule has 0 saturated carbocycles. The van der Waals surface area contributed by atoms with Crippen molar-refractivity contribution in [3.63, 3.8) is 0 Å². The molecule has 0 bridgehead atoms. The number of rotatable bonds is 4. The predicted molar refractivity (Wildman–Crippen MR) is 125 cm³/mol. The number of anilines is 2. The summed E-state index contributed by atoms with van der Waals surface area (Å²) < 4.78 is 0. The van der Waals surface area contributed by atoms with E-state index in [9.17, 15) is 4.79 Å². The van der Waals surface area contributed by atoms with Crippen molar-refractivity contribution in [1.29, 1.82) is 0 Å². The SMILES string of the molecule is Cc1ccc(N2CCC(C)(C)c3ccc(C=Cc4ccc(C(=O)O)cc4)cc32)cc1. The van der Waals surface area contributed by atoms with E-state index in [0.29, 0.717) is 5.56 Å². The molecule has 0 aromatic heterocycles. The zero-order valence-corrected chi connectivity index (χ0v) is 17.7. The van der Waals surface area contributed by atoms with E-state index < -0.39 is 5.97 Å². The second kappa shape index (κ2) is 7.83. The summed E-state index contributed by atoms with van der Waals surface area (Å²) >= 11 is 0. The largest absolute Gasteiger partial charge is 0.478 e. The van der Waals surface area contributed by atoms with Gasteiger partial charge in [0.2, 0.25) is 0 Å². The molecule has 0 spiro atoms. The van der Waals surface area contributed by atoms with Crippen molar-refractivity contribution in [3.8, 4) is 0 Å². The van der Waals surface area contributed by atoms with Crippen molar-refractivity contribution in [2.75, 3.05) is 11.4 Å². The van der Waals surface area contributed by atoms with Gasteiger partial charge in [0.15, 0.2) is 0 Å². The van der Waals surface area contributed by atoms with Crippen molar-refractivity contribution in [2.24, 2.45) is 0 Å². The van der Waals surface area contributed by atoms with E-state index in [2.05, 4.69) is 74.2 Å². The van der Waals surface area contributed by atoms with Gasteiger partial charge >= 0.3 is 5.97 Å². The van der Waals surface area contributed by atoms with Crippen LogP contribution >= 0.6 is 0 Å². The quantitative estimate of drug-likeness (QED) is 0.499. The fourth-order valence-corrected chi connectivity index (χ4v) is 4.02. The maximum atomic E-state index is 11.0. The molecule has 3 aromatic carbocycles. The van der Waals surface area contributed by atoms with Gasteiger partial charge in [-0.05, 0) is 65.8 Å². The minimum absolute atomic E-state index is 0.144. The fraction of sp³-hybridized carbons (Fsp3) is 0.222. The van der Waals surface area contributed by atoms with Crippen LogP contribution in [0.3, 0.4) is 0 Å². The normalized spacial score (nSPS) is 15.2. The van der Waals surface area contributed by atoms with Crippen LogP contribution in [0.2, 0.25) is 0 Å². The third kappa shape index (κ3) is 4.02. The zero-order chi connectivity index (χ0) is 21.3. The molecule has 3 nitrogen and oxygen atoms in total. The van der Waals surface area contributed by atoms with Crippen molar-refractivity contribution < 1.29 is 9.90 Å². The van der Waals surface area contributed by atoms with Crippen LogP contribution in [0.4, 0.5) is 11.4 Å². The Labute approximate surface area is 178 Å². The summed E-state index contributed by atoms with van der Waals surface area (Å²) in [4.78, 5) is 13.4. The first kappa shape index (κ1) is 20.0. The topological polar surface area (TPSA) is 40.5 Å². The molecule has 1 aliphatic heterocycles. The molecule has 3 heteroatoms. The summed E-state index contributed by atoms with van der Waals surface area (Å²) in [6.45, 7) is 7.74. The number of hydrogen-bond donors (Lipinski definition) is 1. The van der Waals surface area contributed by atoms with Crippen molar-refractivity contribution in [3.05, 3.63) is 94.5 Å². The van der Waals surface area contributed by atoms with E-state index >= 15 is 0 Å². The number of carboxylic acid groups (broad SMARTS) is 1. The molecule has 0 aliphatic carbocycles. The highest BCUT2D eigenvalue weighted by atomic mass is 16.4. The number of hydrogen-bond acceptors (Lipinski definition) is 2. The molecule has 0 saturated heterocycles. The number of aryl methyl sites for hydroxylation is 1. The maximum absolute atomic E-state index is 11.0. The first-order valence-corrected chi connectivity index (χ1v) is 10.3. The Morgan fingerprint density at radius 1 is 0.933 bits per heavy atom. The molecule has 0 unspecified atom stereocenters. The molecule has 1 heterocycles. The second-order valence-corrected chi connectivity index (χ2v) is 8.66. The maximum Gasteiger partial charge on any atom is 0.335 e. The summed E-state index contributed by atoms with van der Waals surface area (Å²) in [5.74, 6) is -0.904. The highest BCUT2D eigenvalue weighted by molar-refractivity contribution is 5.88. The summed E-state index contributed by atoms with van der Waals surface area (Å²) in [5, 5.41) is 9.05. The summed E-state index contributed by atoms with van der Waals surface area (Å²) in [5.41, 5.74) is 7.68. The molecule has 1 aliphatic rings. The predicted octanol–water partition coefficient (Wildman–Crippen LogP) is 6.68. The number of carboxylic acids is 1. The minimum atomic E-state index is -0.904. The first-order chi connectivity index (χ1) is 14.3. The van der Waals surface area contributed by atoms with Gasteiger partial charge in [-0.25, -0.2) is 4.79 Å². The van der Waals surface area contributed by atoms with Gasteiger partial charge in [0.1, 0.15) is 0 Å². The molecule has 0 fully saturated rings. The van der Waals surface area contributed by atoms with Gasteiger partial charge in [0, 0.05) is 17.9 Å². The molecular formula is C27H27NO2. The van der Waals surface area contributed by atoms with Crippen LogP contribution < -0.4 is 4.90 Å². The molecular weight excluding hydrogens is 370 g/mol. The smallest absolute Gasteiger partial charge is 0.335 e. The Morgan fingerprint density at radius 2 is 1.57 bits per heavy atom. The van der Waals surface area contributed by atoms with Gasteiger partial charge < -0.3 is 10.0 Å². The molecule has 1 N–H and O–H groups in total. The van der Waals surface area contributed by atoms with Gasteiger partial charge in [0.05, 0.1) is 5.56 Å². The molecule has 0 amide bonds. The Kier molecular flexibility index (Phi) is 5.21. The van der Waals surface area contributed by atoms with Crippen LogP contribution in [0, 0.1) is 6.92 Å². The average Bonchev–Trinajstić information content (AvgIpc) is 2.73. The molecule has 0 radical (unpaired) electrons. The highest BCUT2D eigenvalue weighted by Crippen LogP contribution is 2.43. The third-order valence-corrected chi connectivity index (χ3v) is 5.97. The van der Waals surface area contributed by atoms with Crippen LogP contribution in [-0.2, 0) is 5.41 Å². The van der Waals surface area contributed by atoms with Crippen molar-refractivity contribution in [2.45, 2.75) is 32.6 Å². The van der Waals surface area contributed by atoms with E-state index in [4.69, 9.17) is 5.11 Å². The minimum Gasteiger partial charge on any atom is -0.478 e. The number of carbonyl (C=O) groups is 1. The second-order valence-electron chi connectivity index (χ2n) is 8.66. The zero-order valence-electron chi connectivity index (χ0n) is 17.7. The molecule has 3 aromatic rings. The van der Waals surface area contributed by atoms with Crippen molar-refractivity contribution >= 4 is 29.5 Å². The van der Waals surface area contributed by atoms with Crippen LogP contribution in [0.5, 0.6) is 0 Å². The lowest BCUT2D eigenvalue weighted by molar-refractivity contribution is 0.0697. The molecule has 30 heavy (non-hydrogen) atoms. The van der Waals surface area contributed by atoms with Crippen LogP contribution in [-0.4, -0.2) is 17.6 Å². The van der Waals surface area contributed by atoms with Crippen LogP contribution in [0.15, 0.2) is 66.7 Å². The monoisotopic (exact) mass is 397 g/mol. The van der Waals surface area contributed by atoms with Gasteiger partial charge in [-0.3, -0.25) is 0 Å². The van der Waals surface area contributed by atoms with E-state index in [-0.39, 0.29) is 5.41 Å². The number of nitrogens with zero attached hydrogens (tertiary/aromatic N) is 1. The number of aromatic carboxylic acids is 1. The number of fused-ring (bicyclic) bond motifs is 1. The first-order valence-electron chi connectivity index (χ1n) is 10.3. The summed E-state index contributed by atoms with van der Waals surface area (Å²) in [6.07, 6.45) is 5.22. The number of benzene rings is 3. The lowest BCUT2D eigenvalue weighted by atomic mass is 9.77. The lowest BCUT2D eigenvalue weighted by Crippen LogP contribution is -2.34. The summed E-state index contributed by atoms with van der Waals surface area (Å²) in [6, 6.07) is 22.3. The van der Waals surface area contributed by atoms with Gasteiger partial charge in [0.25, 0.3) is 0 Å². The Bertz CT molecular complexity index is 1090. The van der Waals surface area contributed by atoms with E-state index in [1.54, 1.807) is 12.1 Å². The van der Waals surface area contributed by atoms with Crippen LogP contribution in [0.25, 0.3) is 12.2 Å². The van der Waals surface area contributed by atoms with Gasteiger partial charge in [-0.2, -0.15) is 0 Å². The Balaban J connectivity index is 1.67. The Morgan fingerprint density at radius 3 is 2.23 bits per heavy atom. The van der Waals surface area contributed by atoms with Crippen LogP contribution in [0.1, 0.15) is 52.9 Å². The van der Waals surface area contributed by atoms with Crippen molar-refractivity contribution in [1.82, 2.24) is 0 Å². The Hall–Kier alpha value is -3.33. The summed E-state index contributed by atoms with van der Waals surface area (Å²) in [7, 11) is 0. The van der Waals surface area contributed by atoms with Gasteiger partial charge in [-0.1, -0.05) is 68.0 Å². The van der Waals surface area contributed by atoms with Gasteiger partial charge in [-0.15, -0.1) is 0 Å². The molecule has 0 atom stereocenters. The highest BCUT2D eigenvalue weighted by Gasteiger charge is 2.31. The average molecular weight is 398 g/mol. The standard InChI is InChI=1S/C27H27NO2/c1-19-4-13-23(14-5-19)28-17-16-27(2,3)24-15-10-21(18-25(24)28)7-6-20-8-11-22(12-9-20)26(29)30/h4-15,18H,16-17H2,1-3H3,(H,29,30). The lowest BCUT2D eigenvalue weighted by Gasteiger charge is -2.40.